The number of nitrogens with one attached hydrogen (secondary N) is 2. The highest BCUT2D eigenvalue weighted by Gasteiger charge is 2.32. The lowest BCUT2D eigenvalue weighted by molar-refractivity contribution is -0.132. The molecule has 8 nitrogen and oxygen atoms in total. The highest BCUT2D eigenvalue weighted by molar-refractivity contribution is 6.05. The first-order chi connectivity index (χ1) is 9.95. The second-order valence-corrected chi connectivity index (χ2v) is 4.96. The van der Waals surface area contributed by atoms with Gasteiger partial charge in [-0.05, 0) is 13.0 Å². The fourth-order valence-corrected chi connectivity index (χ4v) is 2.39. The van der Waals surface area contributed by atoms with Crippen LogP contribution in [0.4, 0.5) is 17.1 Å². The molecule has 2 heterocycles. The molecule has 2 aliphatic rings. The number of hydrogen-bond acceptors (Lipinski definition) is 6. The van der Waals surface area contributed by atoms with Gasteiger partial charge in [0, 0.05) is 6.07 Å². The molecule has 0 aliphatic carbocycles. The van der Waals surface area contributed by atoms with Gasteiger partial charge in [-0.15, -0.1) is 0 Å². The molecule has 21 heavy (non-hydrogen) atoms. The van der Waals surface area contributed by atoms with Crippen molar-refractivity contribution in [3.05, 3.63) is 12.1 Å². The summed E-state index contributed by atoms with van der Waals surface area (Å²) in [6, 6.07) is 2.65. The van der Waals surface area contributed by atoms with E-state index >= 15 is 0 Å². The summed E-state index contributed by atoms with van der Waals surface area (Å²) in [4.78, 5) is 36.2. The predicted molar refractivity (Wildman–Crippen MR) is 74.9 cm³/mol. The van der Waals surface area contributed by atoms with Gasteiger partial charge in [0.1, 0.15) is 11.8 Å². The van der Waals surface area contributed by atoms with Gasteiger partial charge in [-0.2, -0.15) is 0 Å². The molecule has 1 saturated heterocycles. The first-order valence-electron chi connectivity index (χ1n) is 6.42. The van der Waals surface area contributed by atoms with Crippen LogP contribution in [0.25, 0.3) is 0 Å². The number of imide groups is 1. The number of carbonyl (C=O) groups is 3. The molecule has 0 spiro atoms. The van der Waals surface area contributed by atoms with Crippen molar-refractivity contribution >= 4 is 34.8 Å². The summed E-state index contributed by atoms with van der Waals surface area (Å²) in [7, 11) is 0. The van der Waals surface area contributed by atoms with E-state index < -0.39 is 11.9 Å². The molecule has 0 bridgehead atoms. The van der Waals surface area contributed by atoms with Crippen LogP contribution in [-0.4, -0.2) is 36.9 Å². The van der Waals surface area contributed by atoms with Crippen LogP contribution < -0.4 is 26.0 Å². The van der Waals surface area contributed by atoms with E-state index in [4.69, 9.17) is 10.5 Å². The Morgan fingerprint density at radius 3 is 2.76 bits per heavy atom. The molecule has 3 rings (SSSR count). The Balaban J connectivity index is 2.01. The molecule has 1 aromatic carbocycles. The third kappa shape index (κ3) is 2.24. The molecule has 4 N–H and O–H groups in total. The zero-order valence-corrected chi connectivity index (χ0v) is 11.3. The van der Waals surface area contributed by atoms with Crippen LogP contribution in [0.15, 0.2) is 12.1 Å². The number of ether oxygens (including phenoxy) is 1. The lowest BCUT2D eigenvalue weighted by atomic mass is 10.1. The van der Waals surface area contributed by atoms with Gasteiger partial charge in [-0.25, -0.2) is 0 Å². The summed E-state index contributed by atoms with van der Waals surface area (Å²) in [5.41, 5.74) is 7.34. The molecule has 1 atom stereocenters. The van der Waals surface area contributed by atoms with Crippen LogP contribution in [-0.2, 0) is 14.4 Å². The quantitative estimate of drug-likeness (QED) is 0.472. The SMILES string of the molecule is CC1C(=O)NC(=O)CN1c1cc2c(cc1N)OCC(=O)N2. The van der Waals surface area contributed by atoms with Crippen molar-refractivity contribution < 1.29 is 19.1 Å². The van der Waals surface area contributed by atoms with Gasteiger partial charge >= 0.3 is 0 Å². The molecule has 2 aliphatic heterocycles. The van der Waals surface area contributed by atoms with Crippen molar-refractivity contribution in [3.8, 4) is 5.75 Å². The Hall–Kier alpha value is -2.77. The Morgan fingerprint density at radius 2 is 2.00 bits per heavy atom. The fourth-order valence-electron chi connectivity index (χ4n) is 2.39. The van der Waals surface area contributed by atoms with E-state index in [0.717, 1.165) is 0 Å². The van der Waals surface area contributed by atoms with E-state index in [1.807, 2.05) is 0 Å². The smallest absolute Gasteiger partial charge is 0.262 e. The van der Waals surface area contributed by atoms with Gasteiger partial charge < -0.3 is 20.7 Å². The zero-order valence-electron chi connectivity index (χ0n) is 11.3. The molecule has 0 radical (unpaired) electrons. The van der Waals surface area contributed by atoms with Crippen LogP contribution >= 0.6 is 0 Å². The molecular formula is C13H14N4O4. The maximum absolute atomic E-state index is 11.7. The largest absolute Gasteiger partial charge is 0.482 e. The Kier molecular flexibility index (Phi) is 2.93. The number of benzene rings is 1. The molecule has 1 fully saturated rings. The summed E-state index contributed by atoms with van der Waals surface area (Å²) < 4.78 is 5.27. The van der Waals surface area contributed by atoms with Gasteiger partial charge in [0.15, 0.2) is 6.61 Å². The van der Waals surface area contributed by atoms with E-state index in [2.05, 4.69) is 10.6 Å². The molecule has 0 aromatic heterocycles. The summed E-state index contributed by atoms with van der Waals surface area (Å²) in [6.45, 7) is 1.63. The maximum Gasteiger partial charge on any atom is 0.262 e. The van der Waals surface area contributed by atoms with Crippen LogP contribution in [0, 0.1) is 0 Å². The van der Waals surface area contributed by atoms with Crippen molar-refractivity contribution in [3.63, 3.8) is 0 Å². The number of carbonyl (C=O) groups excluding carboxylic acids is 3. The van der Waals surface area contributed by atoms with Gasteiger partial charge in [-0.1, -0.05) is 0 Å². The Morgan fingerprint density at radius 1 is 1.24 bits per heavy atom. The summed E-state index contributed by atoms with van der Waals surface area (Å²) >= 11 is 0. The number of hydrogen-bond donors (Lipinski definition) is 3. The first kappa shape index (κ1) is 13.2. The third-order valence-electron chi connectivity index (χ3n) is 3.49. The number of amides is 3. The number of nitrogen functional groups attached to an aromatic ring is 1. The van der Waals surface area contributed by atoms with Gasteiger partial charge in [0.05, 0.1) is 23.6 Å². The van der Waals surface area contributed by atoms with Crippen LogP contribution in [0.5, 0.6) is 5.75 Å². The normalized spacial score (nSPS) is 21.3. The van der Waals surface area contributed by atoms with Crippen molar-refractivity contribution in [2.45, 2.75) is 13.0 Å². The number of anilines is 3. The second-order valence-electron chi connectivity index (χ2n) is 4.96. The van der Waals surface area contributed by atoms with Crippen molar-refractivity contribution in [2.75, 3.05) is 29.1 Å². The van der Waals surface area contributed by atoms with Gasteiger partial charge in [0.2, 0.25) is 11.8 Å². The Bertz CT molecular complexity index is 658. The average molecular weight is 290 g/mol. The minimum absolute atomic E-state index is 0.0185. The molecule has 8 heteroatoms. The molecule has 110 valence electrons. The van der Waals surface area contributed by atoms with E-state index in [0.29, 0.717) is 22.8 Å². The zero-order chi connectivity index (χ0) is 15.1. The van der Waals surface area contributed by atoms with Gasteiger partial charge in [0.25, 0.3) is 5.91 Å². The van der Waals surface area contributed by atoms with Gasteiger partial charge in [-0.3, -0.25) is 19.7 Å². The van der Waals surface area contributed by atoms with Crippen LogP contribution in [0.3, 0.4) is 0 Å². The van der Waals surface area contributed by atoms with Crippen molar-refractivity contribution in [2.24, 2.45) is 0 Å². The number of piperazine rings is 1. The monoisotopic (exact) mass is 290 g/mol. The molecular weight excluding hydrogens is 276 g/mol. The summed E-state index contributed by atoms with van der Waals surface area (Å²) in [5.74, 6) is -0.575. The number of fused-ring (bicyclic) bond motifs is 1. The van der Waals surface area contributed by atoms with E-state index in [1.165, 1.54) is 0 Å². The molecule has 1 unspecified atom stereocenters. The molecule has 1 aromatic rings. The van der Waals surface area contributed by atoms with Crippen LogP contribution in [0.2, 0.25) is 0 Å². The summed E-state index contributed by atoms with van der Waals surface area (Å²) in [5, 5.41) is 4.94. The number of rotatable bonds is 1. The highest BCUT2D eigenvalue weighted by atomic mass is 16.5. The van der Waals surface area contributed by atoms with E-state index in [1.54, 1.807) is 24.0 Å². The standard InChI is InChI=1S/C13H14N4O4/c1-6-13(20)16-11(18)4-17(6)9-3-8-10(2-7(9)14)21-5-12(19)15-8/h2-3,6H,4-5,14H2,1H3,(H,15,19)(H,16,18,20). The number of nitrogens with zero attached hydrogens (tertiary/aromatic N) is 1. The minimum atomic E-state index is -0.539. The topological polar surface area (TPSA) is 114 Å². The lowest BCUT2D eigenvalue weighted by Crippen LogP contribution is -2.57. The van der Waals surface area contributed by atoms with E-state index in [-0.39, 0.29) is 25.0 Å². The molecule has 0 saturated carbocycles. The van der Waals surface area contributed by atoms with Crippen LogP contribution in [0.1, 0.15) is 6.92 Å². The third-order valence-corrected chi connectivity index (χ3v) is 3.49. The van der Waals surface area contributed by atoms with Crippen molar-refractivity contribution in [1.82, 2.24) is 5.32 Å². The lowest BCUT2D eigenvalue weighted by Gasteiger charge is -2.35. The second kappa shape index (κ2) is 4.65. The molecule has 3 amide bonds. The summed E-state index contributed by atoms with van der Waals surface area (Å²) in [6.07, 6.45) is 0. The Labute approximate surface area is 120 Å². The van der Waals surface area contributed by atoms with Crippen molar-refractivity contribution in [1.29, 1.82) is 0 Å². The minimum Gasteiger partial charge on any atom is -0.482 e. The first-order valence-corrected chi connectivity index (χ1v) is 6.42. The number of nitrogens with two attached hydrogens (primary N) is 1. The predicted octanol–water partition coefficient (Wildman–Crippen LogP) is -0.549. The fraction of sp³-hybridized carbons (Fsp3) is 0.308. The maximum atomic E-state index is 11.7. The van der Waals surface area contributed by atoms with E-state index in [9.17, 15) is 14.4 Å². The average Bonchev–Trinajstić information content (AvgIpc) is 2.43. The highest BCUT2D eigenvalue weighted by Crippen LogP contribution is 2.37.